The highest BCUT2D eigenvalue weighted by Gasteiger charge is 2.45. The molecule has 0 radical (unpaired) electrons. The highest BCUT2D eigenvalue weighted by atomic mass is 35.5. The van der Waals surface area contributed by atoms with Gasteiger partial charge in [0.2, 0.25) is 5.91 Å². The first-order valence-electron chi connectivity index (χ1n) is 11.6. The normalized spacial score (nSPS) is 20.3. The van der Waals surface area contributed by atoms with Crippen molar-refractivity contribution in [1.82, 2.24) is 15.1 Å². The SMILES string of the molecule is C[C@@H]1CN(Cc2ccc(F)cc2)CCN1C(=O)/C=C/c1cc(F)c(Cl)cc1N1C(=O)NC(C)(C)C1=O. The summed E-state index contributed by atoms with van der Waals surface area (Å²) in [4.78, 5) is 43.1. The Hall–Kier alpha value is -3.30. The first kappa shape index (κ1) is 25.8. The van der Waals surface area contributed by atoms with Crippen molar-refractivity contribution in [3.05, 3.63) is 70.3 Å². The molecule has 0 aromatic heterocycles. The smallest absolute Gasteiger partial charge is 0.329 e. The van der Waals surface area contributed by atoms with Gasteiger partial charge in [-0.15, -0.1) is 0 Å². The van der Waals surface area contributed by atoms with Crippen LogP contribution in [0.15, 0.2) is 42.5 Å². The van der Waals surface area contributed by atoms with E-state index in [-0.39, 0.29) is 34.0 Å². The largest absolute Gasteiger partial charge is 0.334 e. The monoisotopic (exact) mass is 516 g/mol. The Kier molecular flexibility index (Phi) is 7.15. The Morgan fingerprint density at radius 3 is 2.47 bits per heavy atom. The summed E-state index contributed by atoms with van der Waals surface area (Å²) in [5.41, 5.74) is 0.131. The number of anilines is 1. The summed E-state index contributed by atoms with van der Waals surface area (Å²) < 4.78 is 27.4. The lowest BCUT2D eigenvalue weighted by atomic mass is 10.1. The summed E-state index contributed by atoms with van der Waals surface area (Å²) in [5, 5.41) is 2.33. The number of hydrogen-bond donors (Lipinski definition) is 1. The van der Waals surface area contributed by atoms with Crippen LogP contribution < -0.4 is 10.2 Å². The Morgan fingerprint density at radius 1 is 1.17 bits per heavy atom. The fraction of sp³-hybridized carbons (Fsp3) is 0.346. The van der Waals surface area contributed by atoms with Crippen molar-refractivity contribution in [2.24, 2.45) is 0 Å². The van der Waals surface area contributed by atoms with Crippen LogP contribution in [0.2, 0.25) is 5.02 Å². The van der Waals surface area contributed by atoms with Crippen molar-refractivity contribution in [2.45, 2.75) is 38.9 Å². The van der Waals surface area contributed by atoms with Crippen LogP contribution in [0, 0.1) is 11.6 Å². The van der Waals surface area contributed by atoms with E-state index in [1.54, 1.807) is 30.9 Å². The fourth-order valence-electron chi connectivity index (χ4n) is 4.45. The van der Waals surface area contributed by atoms with Crippen LogP contribution in [-0.2, 0) is 16.1 Å². The number of nitrogens with one attached hydrogen (secondary N) is 1. The zero-order chi connectivity index (χ0) is 26.2. The molecule has 4 amide bonds. The van der Waals surface area contributed by atoms with Gasteiger partial charge in [-0.25, -0.2) is 18.5 Å². The third kappa shape index (κ3) is 5.27. The molecule has 2 aromatic carbocycles. The third-order valence-corrected chi connectivity index (χ3v) is 6.68. The van der Waals surface area contributed by atoms with Gasteiger partial charge in [0.25, 0.3) is 5.91 Å². The van der Waals surface area contributed by atoms with Crippen LogP contribution in [0.3, 0.4) is 0 Å². The van der Waals surface area contributed by atoms with E-state index in [1.807, 2.05) is 6.92 Å². The first-order valence-corrected chi connectivity index (χ1v) is 12.0. The molecular weight excluding hydrogens is 490 g/mol. The molecule has 190 valence electrons. The molecule has 2 aliphatic heterocycles. The number of benzene rings is 2. The van der Waals surface area contributed by atoms with Crippen molar-refractivity contribution < 1.29 is 23.2 Å². The second kappa shape index (κ2) is 9.99. The molecule has 2 aromatic rings. The van der Waals surface area contributed by atoms with Gasteiger partial charge < -0.3 is 10.2 Å². The molecule has 0 bridgehead atoms. The summed E-state index contributed by atoms with van der Waals surface area (Å²) in [6, 6.07) is 7.90. The predicted molar refractivity (Wildman–Crippen MR) is 133 cm³/mol. The van der Waals surface area contributed by atoms with Gasteiger partial charge in [-0.1, -0.05) is 23.7 Å². The molecule has 1 atom stereocenters. The molecule has 0 spiro atoms. The molecule has 7 nitrogen and oxygen atoms in total. The van der Waals surface area contributed by atoms with Crippen molar-refractivity contribution >= 4 is 41.2 Å². The van der Waals surface area contributed by atoms with Crippen molar-refractivity contribution in [3.8, 4) is 0 Å². The van der Waals surface area contributed by atoms with Gasteiger partial charge in [0.15, 0.2) is 0 Å². The van der Waals surface area contributed by atoms with E-state index in [4.69, 9.17) is 11.6 Å². The number of urea groups is 1. The summed E-state index contributed by atoms with van der Waals surface area (Å²) in [5.74, 6) is -1.80. The first-order chi connectivity index (χ1) is 17.0. The van der Waals surface area contributed by atoms with Crippen LogP contribution in [0.25, 0.3) is 6.08 Å². The molecule has 2 fully saturated rings. The van der Waals surface area contributed by atoms with Gasteiger partial charge in [-0.05, 0) is 56.7 Å². The van der Waals surface area contributed by atoms with Crippen molar-refractivity contribution in [3.63, 3.8) is 0 Å². The van der Waals surface area contributed by atoms with Gasteiger partial charge in [0.05, 0.1) is 10.7 Å². The fourth-order valence-corrected chi connectivity index (χ4v) is 4.61. The number of carbonyl (C=O) groups excluding carboxylic acids is 3. The number of amides is 4. The van der Waals surface area contributed by atoms with Crippen LogP contribution in [0.4, 0.5) is 19.3 Å². The quantitative estimate of drug-likeness (QED) is 0.477. The molecule has 0 saturated carbocycles. The molecule has 2 saturated heterocycles. The van der Waals surface area contributed by atoms with Gasteiger partial charge in [0.1, 0.15) is 17.2 Å². The molecule has 0 unspecified atom stereocenters. The van der Waals surface area contributed by atoms with Crippen LogP contribution in [-0.4, -0.2) is 58.9 Å². The van der Waals surface area contributed by atoms with Gasteiger partial charge in [-0.3, -0.25) is 14.5 Å². The lowest BCUT2D eigenvalue weighted by molar-refractivity contribution is -0.130. The average molecular weight is 517 g/mol. The molecule has 10 heteroatoms. The van der Waals surface area contributed by atoms with E-state index in [2.05, 4.69) is 10.2 Å². The van der Waals surface area contributed by atoms with E-state index in [1.165, 1.54) is 30.4 Å². The molecule has 2 heterocycles. The summed E-state index contributed by atoms with van der Waals surface area (Å²) in [6.45, 7) is 7.47. The number of carbonyl (C=O) groups is 3. The Bertz CT molecular complexity index is 1230. The maximum absolute atomic E-state index is 14.3. The van der Waals surface area contributed by atoms with Crippen LogP contribution in [0.1, 0.15) is 31.9 Å². The number of rotatable bonds is 5. The second-order valence-corrected chi connectivity index (χ2v) is 10.0. The number of hydrogen-bond acceptors (Lipinski definition) is 4. The molecule has 4 rings (SSSR count). The maximum Gasteiger partial charge on any atom is 0.329 e. The molecule has 36 heavy (non-hydrogen) atoms. The molecule has 0 aliphatic carbocycles. The maximum atomic E-state index is 14.3. The van der Waals surface area contributed by atoms with E-state index >= 15 is 0 Å². The van der Waals surface area contributed by atoms with Gasteiger partial charge >= 0.3 is 6.03 Å². The van der Waals surface area contributed by atoms with Crippen molar-refractivity contribution in [1.29, 1.82) is 0 Å². The number of nitrogens with zero attached hydrogens (tertiary/aromatic N) is 3. The minimum atomic E-state index is -1.13. The molecular formula is C26H27ClF2N4O3. The zero-order valence-electron chi connectivity index (χ0n) is 20.2. The van der Waals surface area contributed by atoms with Crippen LogP contribution >= 0.6 is 11.6 Å². The zero-order valence-corrected chi connectivity index (χ0v) is 21.0. The lowest BCUT2D eigenvalue weighted by Gasteiger charge is -2.39. The predicted octanol–water partition coefficient (Wildman–Crippen LogP) is 4.20. The number of piperazine rings is 1. The van der Waals surface area contributed by atoms with E-state index in [0.717, 1.165) is 16.5 Å². The topological polar surface area (TPSA) is 73.0 Å². The summed E-state index contributed by atoms with van der Waals surface area (Å²) >= 11 is 5.95. The number of imide groups is 1. The molecule has 2 aliphatic rings. The third-order valence-electron chi connectivity index (χ3n) is 6.39. The lowest BCUT2D eigenvalue weighted by Crippen LogP contribution is -2.53. The Morgan fingerprint density at radius 2 is 1.86 bits per heavy atom. The highest BCUT2D eigenvalue weighted by molar-refractivity contribution is 6.32. The number of halogens is 3. The van der Waals surface area contributed by atoms with Gasteiger partial charge in [-0.2, -0.15) is 0 Å². The average Bonchev–Trinajstić information content (AvgIpc) is 3.02. The second-order valence-electron chi connectivity index (χ2n) is 9.60. The van der Waals surface area contributed by atoms with E-state index in [9.17, 15) is 23.2 Å². The van der Waals surface area contributed by atoms with E-state index in [0.29, 0.717) is 26.2 Å². The standard InChI is InChI=1S/C26H27ClF2N4O3/c1-16-14-31(15-17-4-7-19(28)8-5-17)10-11-32(16)23(34)9-6-18-12-21(29)20(27)13-22(18)33-24(35)26(2,3)30-25(33)36/h4-9,12-13,16H,10-11,14-15H2,1-3H3,(H,30,36)/b9-6+/t16-/m1/s1. The van der Waals surface area contributed by atoms with E-state index < -0.39 is 23.3 Å². The molecule has 1 N–H and O–H groups in total. The minimum Gasteiger partial charge on any atom is -0.334 e. The summed E-state index contributed by atoms with van der Waals surface area (Å²) in [6.07, 6.45) is 2.70. The van der Waals surface area contributed by atoms with Crippen LogP contribution in [0.5, 0.6) is 0 Å². The Labute approximate surface area is 213 Å². The van der Waals surface area contributed by atoms with Gasteiger partial charge in [0, 0.05) is 43.9 Å². The highest BCUT2D eigenvalue weighted by Crippen LogP contribution is 2.32. The van der Waals surface area contributed by atoms with Crippen molar-refractivity contribution in [2.75, 3.05) is 24.5 Å². The Balaban J connectivity index is 1.48. The minimum absolute atomic E-state index is 0.0930. The summed E-state index contributed by atoms with van der Waals surface area (Å²) in [7, 11) is 0.